The maximum atomic E-state index is 6.14. The predicted octanol–water partition coefficient (Wildman–Crippen LogP) is 19.9. The molecule has 80 heavy (non-hydrogen) atoms. The third kappa shape index (κ3) is 8.60. The molecule has 12 aromatic carbocycles. The van der Waals surface area contributed by atoms with Gasteiger partial charge in [0.15, 0.2) is 17.5 Å². The number of furan rings is 1. The molecule has 0 N–H and O–H groups in total. The molecule has 0 radical (unpaired) electrons. The summed E-state index contributed by atoms with van der Waals surface area (Å²) in [5.74, 6) is 1.79. The fourth-order valence-corrected chi connectivity index (χ4v) is 11.4. The second kappa shape index (κ2) is 19.7. The monoisotopic (exact) mass is 1020 g/mol. The molecule has 5 nitrogen and oxygen atoms in total. The standard InChI is InChI=1S/C75H48N4O/c1-2-15-49(16-3-1)54-17-10-19-56(43-54)57-20-12-21-58(45-57)60-23-13-25-63(46-60)75-77-73(52-37-33-50(34-38-52)55-18-11-22-59(44-55)62-41-42-72-68(48-62)67-29-6-9-32-71(67)80-72)76-74(78-75)53-39-35-51(36-40-53)61-24-14-26-64(47-61)79-69-30-7-4-27-65(69)66-28-5-8-31-70(66)79/h1-48H. The van der Waals surface area contributed by atoms with E-state index in [0.29, 0.717) is 17.5 Å². The Kier molecular flexibility index (Phi) is 11.4. The van der Waals surface area contributed by atoms with E-state index in [2.05, 4.69) is 284 Å². The van der Waals surface area contributed by atoms with Gasteiger partial charge in [0, 0.05) is 43.9 Å². The van der Waals surface area contributed by atoms with Crippen LogP contribution in [-0.2, 0) is 0 Å². The van der Waals surface area contributed by atoms with Crippen LogP contribution in [-0.4, -0.2) is 19.5 Å². The van der Waals surface area contributed by atoms with Crippen molar-refractivity contribution in [1.29, 1.82) is 0 Å². The van der Waals surface area contributed by atoms with Gasteiger partial charge < -0.3 is 8.98 Å². The summed E-state index contributed by atoms with van der Waals surface area (Å²) in [6.07, 6.45) is 0. The summed E-state index contributed by atoms with van der Waals surface area (Å²) in [6, 6.07) is 103. The summed E-state index contributed by atoms with van der Waals surface area (Å²) < 4.78 is 8.51. The molecule has 0 aliphatic carbocycles. The first-order valence-electron chi connectivity index (χ1n) is 27.1. The molecule has 0 saturated carbocycles. The van der Waals surface area contributed by atoms with E-state index in [0.717, 1.165) is 100.0 Å². The van der Waals surface area contributed by atoms with Crippen LogP contribution in [0.5, 0.6) is 0 Å². The molecule has 374 valence electrons. The topological polar surface area (TPSA) is 56.7 Å². The number of hydrogen-bond donors (Lipinski definition) is 0. The molecule has 0 amide bonds. The molecule has 3 aromatic heterocycles. The zero-order valence-electron chi connectivity index (χ0n) is 43.4. The minimum absolute atomic E-state index is 0.597. The molecule has 15 aromatic rings. The fraction of sp³-hybridized carbons (Fsp3) is 0. The smallest absolute Gasteiger partial charge is 0.164 e. The lowest BCUT2D eigenvalue weighted by Crippen LogP contribution is -2.00. The molecular weight excluding hydrogens is 973 g/mol. The maximum absolute atomic E-state index is 6.14. The summed E-state index contributed by atoms with van der Waals surface area (Å²) in [4.78, 5) is 15.7. The van der Waals surface area contributed by atoms with E-state index >= 15 is 0 Å². The van der Waals surface area contributed by atoms with Crippen molar-refractivity contribution in [1.82, 2.24) is 19.5 Å². The van der Waals surface area contributed by atoms with E-state index in [1.807, 2.05) is 12.1 Å². The Hall–Kier alpha value is -10.8. The summed E-state index contributed by atoms with van der Waals surface area (Å²) >= 11 is 0. The average molecular weight is 1020 g/mol. The van der Waals surface area contributed by atoms with Crippen molar-refractivity contribution in [3.05, 3.63) is 291 Å². The van der Waals surface area contributed by atoms with Crippen molar-refractivity contribution < 1.29 is 4.42 Å². The summed E-state index contributed by atoms with van der Waals surface area (Å²) in [5.41, 5.74) is 21.6. The first-order valence-corrected chi connectivity index (χ1v) is 27.1. The van der Waals surface area contributed by atoms with Gasteiger partial charge in [0.25, 0.3) is 0 Å². The number of para-hydroxylation sites is 3. The Morgan fingerprint density at radius 1 is 0.212 bits per heavy atom. The minimum atomic E-state index is 0.597. The van der Waals surface area contributed by atoms with E-state index in [1.54, 1.807) is 0 Å². The Labute approximate surface area is 463 Å². The lowest BCUT2D eigenvalue weighted by atomic mass is 9.95. The number of nitrogens with zero attached hydrogens (tertiary/aromatic N) is 4. The average Bonchev–Trinajstić information content (AvgIpc) is 4.15. The maximum Gasteiger partial charge on any atom is 0.164 e. The van der Waals surface area contributed by atoms with Gasteiger partial charge in [0.1, 0.15) is 11.2 Å². The summed E-state index contributed by atoms with van der Waals surface area (Å²) in [7, 11) is 0. The summed E-state index contributed by atoms with van der Waals surface area (Å²) in [5, 5.41) is 4.72. The van der Waals surface area contributed by atoms with Crippen LogP contribution in [0.2, 0.25) is 0 Å². The van der Waals surface area contributed by atoms with Gasteiger partial charge in [-0.25, -0.2) is 15.0 Å². The van der Waals surface area contributed by atoms with Crippen LogP contribution < -0.4 is 0 Å². The van der Waals surface area contributed by atoms with E-state index in [-0.39, 0.29) is 0 Å². The minimum Gasteiger partial charge on any atom is -0.456 e. The summed E-state index contributed by atoms with van der Waals surface area (Å²) in [6.45, 7) is 0. The third-order valence-electron chi connectivity index (χ3n) is 15.5. The van der Waals surface area contributed by atoms with E-state index in [4.69, 9.17) is 19.4 Å². The van der Waals surface area contributed by atoms with Crippen LogP contribution in [0.25, 0.3) is 150 Å². The Morgan fingerprint density at radius 2 is 0.550 bits per heavy atom. The van der Waals surface area contributed by atoms with Gasteiger partial charge in [0.05, 0.1) is 11.0 Å². The largest absolute Gasteiger partial charge is 0.456 e. The number of aromatic nitrogens is 4. The molecule has 3 heterocycles. The second-order valence-corrected chi connectivity index (χ2v) is 20.4. The quantitative estimate of drug-likeness (QED) is 0.137. The van der Waals surface area contributed by atoms with Gasteiger partial charge in [-0.1, -0.05) is 224 Å². The van der Waals surface area contributed by atoms with E-state index < -0.39 is 0 Å². The molecule has 0 fully saturated rings. The van der Waals surface area contributed by atoms with Gasteiger partial charge in [-0.05, 0) is 133 Å². The van der Waals surface area contributed by atoms with Crippen LogP contribution in [0.15, 0.2) is 296 Å². The number of benzene rings is 12. The zero-order valence-corrected chi connectivity index (χ0v) is 43.4. The molecule has 0 atom stereocenters. The van der Waals surface area contributed by atoms with Gasteiger partial charge in [-0.2, -0.15) is 0 Å². The highest BCUT2D eigenvalue weighted by Gasteiger charge is 2.17. The van der Waals surface area contributed by atoms with Crippen LogP contribution >= 0.6 is 0 Å². The lowest BCUT2D eigenvalue weighted by Gasteiger charge is -2.12. The van der Waals surface area contributed by atoms with Crippen molar-refractivity contribution in [3.8, 4) is 107 Å². The molecule has 0 unspecified atom stereocenters. The number of hydrogen-bond acceptors (Lipinski definition) is 4. The first kappa shape index (κ1) is 46.5. The van der Waals surface area contributed by atoms with Gasteiger partial charge in [0.2, 0.25) is 0 Å². The van der Waals surface area contributed by atoms with Crippen molar-refractivity contribution in [2.45, 2.75) is 0 Å². The van der Waals surface area contributed by atoms with Gasteiger partial charge in [-0.3, -0.25) is 0 Å². The van der Waals surface area contributed by atoms with Gasteiger partial charge in [-0.15, -0.1) is 0 Å². The van der Waals surface area contributed by atoms with Crippen molar-refractivity contribution in [2.24, 2.45) is 0 Å². The molecule has 0 spiro atoms. The molecule has 15 rings (SSSR count). The fourth-order valence-electron chi connectivity index (χ4n) is 11.4. The van der Waals surface area contributed by atoms with E-state index in [1.165, 1.54) is 32.9 Å². The van der Waals surface area contributed by atoms with Crippen molar-refractivity contribution >= 4 is 43.7 Å². The highest BCUT2D eigenvalue weighted by atomic mass is 16.3. The molecular formula is C75H48N4O. The molecule has 0 aliphatic rings. The highest BCUT2D eigenvalue weighted by molar-refractivity contribution is 6.09. The SMILES string of the molecule is c1ccc(-c2cccc(-c3cccc(-c4cccc(-c5nc(-c6ccc(-c7cccc(-c8ccc9oc%10ccccc%10c9c8)c7)cc6)nc(-c6ccc(-c7cccc(-n8c9ccccc9c9ccccc98)c7)cc6)n5)c4)c3)c2)cc1. The predicted molar refractivity (Wildman–Crippen MR) is 330 cm³/mol. The Bertz CT molecular complexity index is 4770. The van der Waals surface area contributed by atoms with Crippen molar-refractivity contribution in [3.63, 3.8) is 0 Å². The van der Waals surface area contributed by atoms with Crippen LogP contribution in [0.1, 0.15) is 0 Å². The van der Waals surface area contributed by atoms with Crippen LogP contribution in [0.4, 0.5) is 0 Å². The van der Waals surface area contributed by atoms with Crippen LogP contribution in [0, 0.1) is 0 Å². The van der Waals surface area contributed by atoms with Gasteiger partial charge >= 0.3 is 0 Å². The Morgan fingerprint density at radius 3 is 1.09 bits per heavy atom. The lowest BCUT2D eigenvalue weighted by molar-refractivity contribution is 0.669. The second-order valence-electron chi connectivity index (χ2n) is 20.4. The van der Waals surface area contributed by atoms with Crippen LogP contribution in [0.3, 0.4) is 0 Å². The Balaban J connectivity index is 0.783. The third-order valence-corrected chi connectivity index (χ3v) is 15.5. The molecule has 5 heteroatoms. The molecule has 0 aliphatic heterocycles. The normalized spacial score (nSPS) is 11.5. The van der Waals surface area contributed by atoms with E-state index in [9.17, 15) is 0 Å². The van der Waals surface area contributed by atoms with Crippen molar-refractivity contribution in [2.75, 3.05) is 0 Å². The number of rotatable bonds is 10. The number of fused-ring (bicyclic) bond motifs is 6. The zero-order chi connectivity index (χ0) is 52.9. The highest BCUT2D eigenvalue weighted by Crippen LogP contribution is 2.38. The molecule has 0 saturated heterocycles. The molecule has 0 bridgehead atoms. The first-order chi connectivity index (χ1) is 39.6.